The van der Waals surface area contributed by atoms with Gasteiger partial charge in [-0.1, -0.05) is 195 Å². The standard InChI is InChI=1S/C55H97N2O6P/c1-6-8-10-12-14-16-18-20-22-24-26-27-28-29-31-32-34-36-38-40-42-44-46-48-54(58)53(52-63-64(60,61)62-51-50-57(3,4)5)56-55(59)49-47-45-43-41-39-37-35-33-30-25-23-21-19-17-15-13-11-9-7-2/h9,11,15,17,21,23,30-33,37-40,46,48,53-54,58H,6-8,10,12-14,16,18-20,22,24-29,34-36,41-45,47,49-52H2,1-5H3,(H-,56,59,60,61)/p+1/b11-9-,17-15-,23-21-,32-31+,33-30-,39-37-,40-38+,48-46+. The third kappa shape index (κ3) is 47.4. The number of phosphoric ester groups is 1. The van der Waals surface area contributed by atoms with Crippen LogP contribution in [0.1, 0.15) is 194 Å². The van der Waals surface area contributed by atoms with Crippen LogP contribution >= 0.6 is 7.82 Å². The van der Waals surface area contributed by atoms with Gasteiger partial charge in [-0.25, -0.2) is 4.57 Å². The first-order chi connectivity index (χ1) is 31.0. The van der Waals surface area contributed by atoms with E-state index in [1.807, 2.05) is 27.2 Å². The molecule has 9 heteroatoms. The van der Waals surface area contributed by atoms with Crippen molar-refractivity contribution in [1.82, 2.24) is 5.32 Å². The van der Waals surface area contributed by atoms with Crippen LogP contribution in [0, 0.1) is 0 Å². The zero-order chi connectivity index (χ0) is 47.1. The molecule has 0 spiro atoms. The molecule has 3 atom stereocenters. The highest BCUT2D eigenvalue weighted by Gasteiger charge is 2.27. The first-order valence-corrected chi connectivity index (χ1v) is 27.1. The monoisotopic (exact) mass is 914 g/mol. The number of rotatable bonds is 45. The van der Waals surface area contributed by atoms with Gasteiger partial charge in [0, 0.05) is 6.42 Å². The maximum atomic E-state index is 12.9. The number of likely N-dealkylation sites (N-methyl/N-ethyl adjacent to an activating group) is 1. The normalized spacial score (nSPS) is 14.9. The fourth-order valence-electron chi connectivity index (χ4n) is 6.75. The number of phosphoric acid groups is 1. The molecule has 0 saturated heterocycles. The zero-order valence-electron chi connectivity index (χ0n) is 41.7. The molecule has 0 heterocycles. The van der Waals surface area contributed by atoms with Crippen molar-refractivity contribution in [2.45, 2.75) is 206 Å². The summed E-state index contributed by atoms with van der Waals surface area (Å²) in [7, 11) is 1.51. The summed E-state index contributed by atoms with van der Waals surface area (Å²) in [5.41, 5.74) is 0. The molecule has 0 aromatic rings. The van der Waals surface area contributed by atoms with Crippen molar-refractivity contribution >= 4 is 13.7 Å². The van der Waals surface area contributed by atoms with Gasteiger partial charge in [0.05, 0.1) is 39.9 Å². The van der Waals surface area contributed by atoms with E-state index in [2.05, 4.69) is 104 Å². The second-order valence-electron chi connectivity index (χ2n) is 18.1. The van der Waals surface area contributed by atoms with Crippen LogP contribution in [0.25, 0.3) is 0 Å². The lowest BCUT2D eigenvalue weighted by Crippen LogP contribution is -2.45. The predicted octanol–water partition coefficient (Wildman–Crippen LogP) is 15.1. The average molecular weight is 914 g/mol. The number of aliphatic hydroxyl groups is 1. The number of carbonyl (C=O) groups is 1. The first-order valence-electron chi connectivity index (χ1n) is 25.6. The number of hydrogen-bond acceptors (Lipinski definition) is 5. The number of carbonyl (C=O) groups excluding carboxylic acids is 1. The number of aliphatic hydroxyl groups excluding tert-OH is 1. The first kappa shape index (κ1) is 61.4. The average Bonchev–Trinajstić information content (AvgIpc) is 3.25. The molecular weight excluding hydrogens is 816 g/mol. The van der Waals surface area contributed by atoms with Crippen LogP contribution in [0.2, 0.25) is 0 Å². The van der Waals surface area contributed by atoms with E-state index >= 15 is 0 Å². The van der Waals surface area contributed by atoms with E-state index in [4.69, 9.17) is 9.05 Å². The van der Waals surface area contributed by atoms with E-state index in [9.17, 15) is 19.4 Å². The van der Waals surface area contributed by atoms with Crippen molar-refractivity contribution in [2.75, 3.05) is 40.9 Å². The number of quaternary nitrogens is 1. The number of nitrogens with one attached hydrogen (secondary N) is 1. The number of unbranched alkanes of at least 4 members (excludes halogenated alkanes) is 18. The van der Waals surface area contributed by atoms with Crippen LogP contribution in [-0.4, -0.2) is 73.4 Å². The van der Waals surface area contributed by atoms with Gasteiger partial charge in [0.2, 0.25) is 5.91 Å². The Morgan fingerprint density at radius 3 is 1.44 bits per heavy atom. The Morgan fingerprint density at radius 1 is 0.547 bits per heavy atom. The largest absolute Gasteiger partial charge is 0.472 e. The van der Waals surface area contributed by atoms with E-state index in [0.29, 0.717) is 23.9 Å². The topological polar surface area (TPSA) is 105 Å². The molecule has 0 aliphatic carbocycles. The van der Waals surface area contributed by atoms with Gasteiger partial charge in [0.25, 0.3) is 0 Å². The van der Waals surface area contributed by atoms with Gasteiger partial charge < -0.3 is 19.8 Å². The summed E-state index contributed by atoms with van der Waals surface area (Å²) in [5, 5.41) is 13.8. The quantitative estimate of drug-likeness (QED) is 0.0243. The van der Waals surface area contributed by atoms with E-state index in [1.54, 1.807) is 6.08 Å². The highest BCUT2D eigenvalue weighted by Crippen LogP contribution is 2.43. The van der Waals surface area contributed by atoms with Gasteiger partial charge >= 0.3 is 7.82 Å². The molecule has 0 bridgehead atoms. The highest BCUT2D eigenvalue weighted by atomic mass is 31.2. The Hall–Kier alpha value is -2.58. The van der Waals surface area contributed by atoms with Crippen LogP contribution < -0.4 is 5.32 Å². The van der Waals surface area contributed by atoms with Crippen LogP contribution in [0.5, 0.6) is 0 Å². The van der Waals surface area contributed by atoms with Crippen molar-refractivity contribution in [3.8, 4) is 0 Å². The molecule has 3 N–H and O–H groups in total. The molecule has 0 aliphatic rings. The molecule has 0 saturated carbocycles. The molecule has 3 unspecified atom stereocenters. The summed E-state index contributed by atoms with van der Waals surface area (Å²) < 4.78 is 23.6. The lowest BCUT2D eigenvalue weighted by Gasteiger charge is -2.25. The molecule has 1 amide bonds. The van der Waals surface area contributed by atoms with Gasteiger partial charge in [-0.05, 0) is 89.9 Å². The second-order valence-corrected chi connectivity index (χ2v) is 19.6. The Kier molecular flexibility index (Phi) is 43.7. The lowest BCUT2D eigenvalue weighted by atomic mass is 10.0. The number of hydrogen-bond donors (Lipinski definition) is 3. The third-order valence-corrected chi connectivity index (χ3v) is 11.7. The Labute approximate surface area is 394 Å². The molecule has 0 fully saturated rings. The minimum Gasteiger partial charge on any atom is -0.387 e. The summed E-state index contributed by atoms with van der Waals surface area (Å²) in [5.74, 6) is -0.226. The highest BCUT2D eigenvalue weighted by molar-refractivity contribution is 7.47. The van der Waals surface area contributed by atoms with Crippen LogP contribution in [0.4, 0.5) is 0 Å². The van der Waals surface area contributed by atoms with E-state index in [0.717, 1.165) is 77.0 Å². The smallest absolute Gasteiger partial charge is 0.387 e. The van der Waals surface area contributed by atoms with Crippen molar-refractivity contribution in [2.24, 2.45) is 0 Å². The molecule has 0 aromatic heterocycles. The minimum atomic E-state index is -4.37. The fourth-order valence-corrected chi connectivity index (χ4v) is 7.48. The molecule has 8 nitrogen and oxygen atoms in total. The number of nitrogens with zero attached hydrogens (tertiary/aromatic N) is 1. The van der Waals surface area contributed by atoms with Crippen molar-refractivity contribution in [3.05, 3.63) is 97.2 Å². The lowest BCUT2D eigenvalue weighted by molar-refractivity contribution is -0.870. The van der Waals surface area contributed by atoms with Gasteiger partial charge in [-0.2, -0.15) is 0 Å². The van der Waals surface area contributed by atoms with Gasteiger partial charge in [0.1, 0.15) is 13.2 Å². The summed E-state index contributed by atoms with van der Waals surface area (Å²) in [6.07, 6.45) is 65.0. The van der Waals surface area contributed by atoms with Crippen molar-refractivity contribution in [1.29, 1.82) is 0 Å². The predicted molar refractivity (Wildman–Crippen MR) is 276 cm³/mol. The van der Waals surface area contributed by atoms with E-state index < -0.39 is 20.0 Å². The molecule has 0 aliphatic heterocycles. The van der Waals surface area contributed by atoms with Gasteiger partial charge in [-0.15, -0.1) is 0 Å². The maximum absolute atomic E-state index is 12.9. The Bertz CT molecular complexity index is 1360. The second kappa shape index (κ2) is 45.6. The molecule has 0 radical (unpaired) electrons. The van der Waals surface area contributed by atoms with E-state index in [-0.39, 0.29) is 19.1 Å². The molecule has 0 rings (SSSR count). The Balaban J connectivity index is 4.48. The molecule has 0 aromatic carbocycles. The SMILES string of the molecule is CC/C=C\C/C=C\C/C=C\C/C=C\C/C=C\CCCCCC(=O)NC(COP(=O)(O)OCC[N+](C)(C)C)C(O)/C=C/CC/C=C/CC/C=C/CCCCCCCCCCCCCCC. The number of amides is 1. The molecular formula is C55H98N2O6P+. The van der Waals surface area contributed by atoms with Gasteiger partial charge in [-0.3, -0.25) is 13.8 Å². The molecule has 368 valence electrons. The summed E-state index contributed by atoms with van der Waals surface area (Å²) in [6, 6.07) is -0.894. The maximum Gasteiger partial charge on any atom is 0.472 e. The molecule has 64 heavy (non-hydrogen) atoms. The van der Waals surface area contributed by atoms with E-state index in [1.165, 1.54) is 89.9 Å². The van der Waals surface area contributed by atoms with Crippen LogP contribution in [0.3, 0.4) is 0 Å². The fraction of sp³-hybridized carbons (Fsp3) is 0.691. The van der Waals surface area contributed by atoms with Gasteiger partial charge in [0.15, 0.2) is 0 Å². The third-order valence-electron chi connectivity index (χ3n) is 10.8. The zero-order valence-corrected chi connectivity index (χ0v) is 42.6. The van der Waals surface area contributed by atoms with Crippen LogP contribution in [0.15, 0.2) is 97.2 Å². The summed E-state index contributed by atoms with van der Waals surface area (Å²) in [6.45, 7) is 4.63. The van der Waals surface area contributed by atoms with Crippen molar-refractivity contribution in [3.63, 3.8) is 0 Å². The van der Waals surface area contributed by atoms with Crippen molar-refractivity contribution < 1.29 is 32.9 Å². The summed E-state index contributed by atoms with van der Waals surface area (Å²) >= 11 is 0. The Morgan fingerprint density at radius 2 is 0.953 bits per heavy atom. The van der Waals surface area contributed by atoms with Crippen LogP contribution in [-0.2, 0) is 18.4 Å². The minimum absolute atomic E-state index is 0.0414. The summed E-state index contributed by atoms with van der Waals surface area (Å²) in [4.78, 5) is 23.2. The number of allylic oxidation sites excluding steroid dienone is 15.